The number of alkyl halides is 3. The Balaban J connectivity index is 0.000000374. The quantitative estimate of drug-likeness (QED) is 0.190. The molecule has 0 bridgehead atoms. The van der Waals surface area contributed by atoms with Crippen LogP contribution in [0.1, 0.15) is 39.9 Å². The van der Waals surface area contributed by atoms with Crippen molar-refractivity contribution in [2.75, 3.05) is 6.54 Å². The Morgan fingerprint density at radius 1 is 0.711 bits per heavy atom. The van der Waals surface area contributed by atoms with Gasteiger partial charge >= 0.3 is 6.18 Å². The topological polar surface area (TPSA) is 162 Å². The molecule has 3 atom stereocenters. The monoisotopic (exact) mass is 533 g/mol. The lowest BCUT2D eigenvalue weighted by atomic mass is 9.78. The maximum Gasteiger partial charge on any atom is 0.430 e. The van der Waals surface area contributed by atoms with Crippen LogP contribution < -0.4 is 9.59 Å². The summed E-state index contributed by atoms with van der Waals surface area (Å²) in [6.07, 6.45) is -3.37. The zero-order chi connectivity index (χ0) is 27.7. The number of halogens is 3. The van der Waals surface area contributed by atoms with Crippen LogP contribution in [0, 0.1) is 0 Å². The number of carbonyl (C=O) groups excluding carboxylic acids is 1. The van der Waals surface area contributed by atoms with Crippen molar-refractivity contribution in [2.24, 2.45) is 0 Å². The number of aliphatic carboxylic acids is 1. The summed E-state index contributed by atoms with van der Waals surface area (Å²) in [7, 11) is 0. The van der Waals surface area contributed by atoms with E-state index in [4.69, 9.17) is 9.90 Å². The minimum Gasteiger partial charge on any atom is -0.542 e. The van der Waals surface area contributed by atoms with Gasteiger partial charge in [-0.15, -0.1) is 0 Å². The third-order valence-corrected chi connectivity index (χ3v) is 7.74. The van der Waals surface area contributed by atoms with Crippen molar-refractivity contribution in [1.82, 2.24) is 4.48 Å². The molecule has 38 heavy (non-hydrogen) atoms. The molecule has 0 fully saturated rings. The number of hydrogen-bond donors (Lipinski definition) is 6. The van der Waals surface area contributed by atoms with E-state index in [0.29, 0.717) is 30.3 Å². The SMILES string of the molecule is O=C([O-])C(F)(F)F.Oc1cc2c(cc1O)[C@H]1Cc3cc(O)c(O)cc3[N@+]13CCc1cc(O)c(O)cc1[C@@H]3C2. The van der Waals surface area contributed by atoms with E-state index in [1.807, 2.05) is 0 Å². The number of carboxylic acid groups (broad SMARTS) is 1. The number of rotatable bonds is 0. The number of fused-ring (bicyclic) bond motifs is 5. The number of quaternary nitrogens is 1. The van der Waals surface area contributed by atoms with Gasteiger partial charge in [0.15, 0.2) is 34.5 Å². The number of aromatic hydroxyl groups is 6. The first kappa shape index (κ1) is 25.3. The molecule has 6 rings (SSSR count). The molecule has 3 aromatic carbocycles. The summed E-state index contributed by atoms with van der Waals surface area (Å²) in [5, 5.41) is 69.9. The van der Waals surface area contributed by atoms with Crippen LogP contribution in [0.15, 0.2) is 36.4 Å². The second-order valence-electron chi connectivity index (χ2n) is 9.68. The Kier molecular flexibility index (Phi) is 5.57. The Labute approximate surface area is 213 Å². The number of phenolic OH excluding ortho intramolecular Hbond substituents is 6. The maximum absolute atomic E-state index is 10.5. The zero-order valence-corrected chi connectivity index (χ0v) is 19.5. The predicted octanol–water partition coefficient (Wildman–Crippen LogP) is 2.68. The summed E-state index contributed by atoms with van der Waals surface area (Å²) in [5.41, 5.74) is 5.59. The maximum atomic E-state index is 10.5. The van der Waals surface area contributed by atoms with E-state index in [2.05, 4.69) is 0 Å². The number of nitrogens with zero attached hydrogens (tertiary/aromatic N) is 1. The Bertz CT molecular complexity index is 1490. The van der Waals surface area contributed by atoms with E-state index in [-0.39, 0.29) is 46.6 Å². The fraction of sp³-hybridized carbons (Fsp3) is 0.269. The van der Waals surface area contributed by atoms with Crippen molar-refractivity contribution in [3.8, 4) is 34.5 Å². The molecule has 3 heterocycles. The molecule has 0 aliphatic carbocycles. The van der Waals surface area contributed by atoms with Crippen molar-refractivity contribution in [3.05, 3.63) is 64.2 Å². The largest absolute Gasteiger partial charge is 0.542 e. The molecule has 0 radical (unpaired) electrons. The van der Waals surface area contributed by atoms with Crippen molar-refractivity contribution in [2.45, 2.75) is 37.5 Å². The molecule has 3 aromatic rings. The molecule has 3 aliphatic rings. The highest BCUT2D eigenvalue weighted by molar-refractivity contribution is 5.71. The lowest BCUT2D eigenvalue weighted by Crippen LogP contribution is -2.58. The van der Waals surface area contributed by atoms with Crippen molar-refractivity contribution < 1.29 is 53.7 Å². The molecule has 0 aromatic heterocycles. The lowest BCUT2D eigenvalue weighted by Gasteiger charge is -2.52. The van der Waals surface area contributed by atoms with Crippen LogP contribution in [-0.4, -0.2) is 49.3 Å². The molecule has 0 amide bonds. The van der Waals surface area contributed by atoms with E-state index in [9.17, 15) is 43.8 Å². The van der Waals surface area contributed by atoms with E-state index in [1.54, 1.807) is 36.4 Å². The molecular weight excluding hydrogens is 511 g/mol. The van der Waals surface area contributed by atoms with E-state index < -0.39 is 12.1 Å². The predicted molar refractivity (Wildman–Crippen MR) is 124 cm³/mol. The number of benzene rings is 3. The Hall–Kier alpha value is -4.32. The second-order valence-corrected chi connectivity index (χ2v) is 9.68. The standard InChI is InChI=1S/C24H21NO6.C2HF3O2/c26-19-5-11-1-2-25-16-10-24(31)21(28)7-13(16)4-18(25)15-9-23(30)20(27)6-12(15)3-17(25)14(11)8-22(19)29;3-2(4,5)1(6)7/h5-10,17-18H,1-4H2,(H5-,26,27,28,29,30,31);(H,6,7)/t17-,18+,25-;/m0./s1. The molecule has 6 N–H and O–H groups in total. The summed E-state index contributed by atoms with van der Waals surface area (Å²) in [6, 6.07) is 9.50. The van der Waals surface area contributed by atoms with Gasteiger partial charge in [0.2, 0.25) is 0 Å². The summed E-state index contributed by atoms with van der Waals surface area (Å²) in [6.45, 7) is 0.699. The molecular formula is C26H22F3NO8. The van der Waals surface area contributed by atoms with Crippen LogP contribution in [0.5, 0.6) is 34.5 Å². The van der Waals surface area contributed by atoms with Crippen molar-refractivity contribution in [3.63, 3.8) is 0 Å². The second kappa shape index (κ2) is 8.35. The summed E-state index contributed by atoms with van der Waals surface area (Å²) >= 11 is 0. The lowest BCUT2D eigenvalue weighted by molar-refractivity contribution is -0.344. The molecule has 1 spiro atoms. The molecule has 0 saturated carbocycles. The van der Waals surface area contributed by atoms with Gasteiger partial charge in [0.25, 0.3) is 0 Å². The molecule has 0 unspecified atom stereocenters. The number of phenols is 6. The van der Waals surface area contributed by atoms with E-state index in [0.717, 1.165) is 33.5 Å². The smallest absolute Gasteiger partial charge is 0.430 e. The third kappa shape index (κ3) is 3.71. The average molecular weight is 533 g/mol. The third-order valence-electron chi connectivity index (χ3n) is 7.74. The number of hydrogen-bond acceptors (Lipinski definition) is 8. The first-order valence-corrected chi connectivity index (χ1v) is 11.5. The fourth-order valence-electron chi connectivity index (χ4n) is 6.20. The molecule has 12 heteroatoms. The average Bonchev–Trinajstić information content (AvgIpc) is 3.13. The summed E-state index contributed by atoms with van der Waals surface area (Å²) in [4.78, 5) is 8.78. The fourth-order valence-corrected chi connectivity index (χ4v) is 6.20. The molecule has 9 nitrogen and oxygen atoms in total. The van der Waals surface area contributed by atoms with Gasteiger partial charge in [0.05, 0.1) is 6.54 Å². The minimum absolute atomic E-state index is 0.0828. The molecule has 200 valence electrons. The van der Waals surface area contributed by atoms with Crippen LogP contribution in [0.3, 0.4) is 0 Å². The normalized spacial score (nSPS) is 22.6. The number of carboxylic acids is 1. The van der Waals surface area contributed by atoms with E-state index in [1.165, 1.54) is 0 Å². The van der Waals surface area contributed by atoms with Crippen molar-refractivity contribution >= 4 is 11.7 Å². The van der Waals surface area contributed by atoms with Crippen LogP contribution >= 0.6 is 0 Å². The van der Waals surface area contributed by atoms with Gasteiger partial charge in [0.1, 0.15) is 23.7 Å². The molecule has 3 aliphatic heterocycles. The van der Waals surface area contributed by atoms with E-state index >= 15 is 0 Å². The van der Waals surface area contributed by atoms with Gasteiger partial charge in [-0.1, -0.05) is 0 Å². The van der Waals surface area contributed by atoms with Gasteiger partial charge in [-0.25, -0.2) is 0 Å². The Morgan fingerprint density at radius 3 is 1.63 bits per heavy atom. The highest BCUT2D eigenvalue weighted by Crippen LogP contribution is 2.61. The van der Waals surface area contributed by atoms with Crippen LogP contribution in [0.2, 0.25) is 0 Å². The van der Waals surface area contributed by atoms with Gasteiger partial charge in [0, 0.05) is 42.0 Å². The van der Waals surface area contributed by atoms with Crippen molar-refractivity contribution in [1.29, 1.82) is 0 Å². The van der Waals surface area contributed by atoms with Gasteiger partial charge in [-0.05, 0) is 41.5 Å². The highest BCUT2D eigenvalue weighted by atomic mass is 19.4. The minimum atomic E-state index is -5.19. The summed E-state index contributed by atoms with van der Waals surface area (Å²) < 4.78 is 32.0. The first-order valence-electron chi connectivity index (χ1n) is 11.5. The highest BCUT2D eigenvalue weighted by Gasteiger charge is 2.58. The number of carbonyl (C=O) groups is 1. The first-order chi connectivity index (χ1) is 17.7. The van der Waals surface area contributed by atoms with Gasteiger partial charge < -0.3 is 40.5 Å². The summed E-state index contributed by atoms with van der Waals surface area (Å²) in [5.74, 6) is -4.01. The van der Waals surface area contributed by atoms with Crippen LogP contribution in [0.25, 0.3) is 0 Å². The molecule has 0 saturated heterocycles. The van der Waals surface area contributed by atoms with Crippen LogP contribution in [-0.2, 0) is 24.1 Å². The zero-order valence-electron chi connectivity index (χ0n) is 19.5. The van der Waals surface area contributed by atoms with Gasteiger partial charge in [-0.2, -0.15) is 13.2 Å². The van der Waals surface area contributed by atoms with Crippen LogP contribution in [0.4, 0.5) is 18.9 Å². The Morgan fingerprint density at radius 2 is 1.11 bits per heavy atom. The van der Waals surface area contributed by atoms with Gasteiger partial charge in [-0.3, -0.25) is 4.48 Å².